The summed E-state index contributed by atoms with van der Waals surface area (Å²) in [5.74, 6) is 0.920. The fraction of sp³-hybridized carbons (Fsp3) is 0.100. The first kappa shape index (κ1) is 16.3. The Balaban J connectivity index is 1.71. The molecule has 0 aliphatic carbocycles. The summed E-state index contributed by atoms with van der Waals surface area (Å²) in [5, 5.41) is 0.757. The van der Waals surface area contributed by atoms with Gasteiger partial charge in [-0.15, -0.1) is 0 Å². The van der Waals surface area contributed by atoms with E-state index in [1.54, 1.807) is 0 Å². The summed E-state index contributed by atoms with van der Waals surface area (Å²) in [6.07, 6.45) is 0. The monoisotopic (exact) mass is 411 g/mol. The number of imidazole rings is 1. The molecule has 0 spiro atoms. The van der Waals surface area contributed by atoms with Gasteiger partial charge < -0.3 is 4.57 Å². The van der Waals surface area contributed by atoms with Gasteiger partial charge in [0.25, 0.3) is 0 Å². The van der Waals surface area contributed by atoms with Crippen LogP contribution in [0.15, 0.2) is 65.3 Å². The number of aromatic nitrogens is 3. The number of hydrogen-bond acceptors (Lipinski definition) is 2. The molecule has 25 heavy (non-hydrogen) atoms. The fourth-order valence-corrected chi connectivity index (χ4v) is 3.49. The minimum Gasteiger partial charge on any atom is -0.322 e. The van der Waals surface area contributed by atoms with Gasteiger partial charge in [-0.2, -0.15) is 0 Å². The topological polar surface area (TPSA) is 30.7 Å². The van der Waals surface area contributed by atoms with Gasteiger partial charge in [-0.25, -0.2) is 9.97 Å². The highest BCUT2D eigenvalue weighted by Gasteiger charge is 2.11. The molecule has 0 unspecified atom stereocenters. The summed E-state index contributed by atoms with van der Waals surface area (Å²) in [6.45, 7) is 2.65. The molecule has 0 fully saturated rings. The summed E-state index contributed by atoms with van der Waals surface area (Å²) in [7, 11) is 0. The summed E-state index contributed by atoms with van der Waals surface area (Å²) >= 11 is 9.96. The summed E-state index contributed by atoms with van der Waals surface area (Å²) in [4.78, 5) is 8.97. The van der Waals surface area contributed by atoms with Crippen molar-refractivity contribution in [2.75, 3.05) is 0 Å². The van der Waals surface area contributed by atoms with E-state index in [1.807, 2.05) is 43.3 Å². The first-order valence-corrected chi connectivity index (χ1v) is 9.12. The zero-order chi connectivity index (χ0) is 17.4. The molecule has 2 aromatic heterocycles. The first-order chi connectivity index (χ1) is 12.1. The SMILES string of the molecule is Cc1nc2nc(Br)ccc2n1Cc1ccc(-c2ccccc2)cc1Cl. The third-order valence-corrected chi connectivity index (χ3v) is 5.05. The predicted octanol–water partition coefficient (Wildman–Crippen LogP) is 5.87. The third-order valence-electron chi connectivity index (χ3n) is 4.26. The van der Waals surface area contributed by atoms with Crippen LogP contribution in [0.25, 0.3) is 22.3 Å². The highest BCUT2D eigenvalue weighted by atomic mass is 79.9. The molecule has 3 nitrogen and oxygen atoms in total. The van der Waals surface area contributed by atoms with Crippen LogP contribution in [0, 0.1) is 6.92 Å². The summed E-state index contributed by atoms with van der Waals surface area (Å²) in [6, 6.07) is 20.4. The highest BCUT2D eigenvalue weighted by molar-refractivity contribution is 9.10. The Labute approximate surface area is 159 Å². The number of benzene rings is 2. The quantitative estimate of drug-likeness (QED) is 0.394. The number of nitrogens with zero attached hydrogens (tertiary/aromatic N) is 3. The second-order valence-electron chi connectivity index (χ2n) is 5.89. The van der Waals surface area contributed by atoms with E-state index in [0.29, 0.717) is 6.54 Å². The number of halogens is 2. The Bertz CT molecular complexity index is 1060. The van der Waals surface area contributed by atoms with E-state index >= 15 is 0 Å². The lowest BCUT2D eigenvalue weighted by Crippen LogP contribution is -2.02. The maximum absolute atomic E-state index is 6.57. The zero-order valence-corrected chi connectivity index (χ0v) is 15.9. The standard InChI is InChI=1S/C20H15BrClN3/c1-13-23-20-18(9-10-19(21)24-20)25(13)12-16-8-7-15(11-17(16)22)14-5-3-2-4-6-14/h2-11H,12H2,1H3. The fourth-order valence-electron chi connectivity index (χ4n) is 2.95. The smallest absolute Gasteiger partial charge is 0.178 e. The maximum Gasteiger partial charge on any atom is 0.178 e. The average molecular weight is 413 g/mol. The van der Waals surface area contributed by atoms with Crippen molar-refractivity contribution in [1.82, 2.24) is 14.5 Å². The lowest BCUT2D eigenvalue weighted by atomic mass is 10.0. The van der Waals surface area contributed by atoms with Crippen molar-refractivity contribution in [3.63, 3.8) is 0 Å². The molecule has 0 aliphatic heterocycles. The van der Waals surface area contributed by atoms with Crippen molar-refractivity contribution in [3.05, 3.63) is 81.7 Å². The molecule has 0 radical (unpaired) electrons. The Kier molecular flexibility index (Phi) is 4.32. The minimum absolute atomic E-state index is 0.666. The Morgan fingerprint density at radius 3 is 2.52 bits per heavy atom. The van der Waals surface area contributed by atoms with Gasteiger partial charge in [0.2, 0.25) is 0 Å². The van der Waals surface area contributed by atoms with E-state index in [-0.39, 0.29) is 0 Å². The van der Waals surface area contributed by atoms with Gasteiger partial charge in [-0.05, 0) is 57.7 Å². The predicted molar refractivity (Wildman–Crippen MR) is 106 cm³/mol. The molecule has 4 aromatic rings. The highest BCUT2D eigenvalue weighted by Crippen LogP contribution is 2.27. The number of rotatable bonds is 3. The molecule has 0 N–H and O–H groups in total. The molecule has 0 saturated heterocycles. The van der Waals surface area contributed by atoms with Crippen LogP contribution in [-0.4, -0.2) is 14.5 Å². The maximum atomic E-state index is 6.57. The molecular weight excluding hydrogens is 398 g/mol. The molecule has 0 saturated carbocycles. The van der Waals surface area contributed by atoms with Crippen molar-refractivity contribution in [3.8, 4) is 11.1 Å². The second kappa shape index (κ2) is 6.62. The van der Waals surface area contributed by atoms with E-state index in [1.165, 1.54) is 0 Å². The van der Waals surface area contributed by atoms with Gasteiger partial charge in [0.1, 0.15) is 10.4 Å². The normalized spacial score (nSPS) is 11.2. The average Bonchev–Trinajstić information content (AvgIpc) is 2.92. The van der Waals surface area contributed by atoms with Crippen LogP contribution in [0.4, 0.5) is 0 Å². The molecule has 4 rings (SSSR count). The summed E-state index contributed by atoms with van der Waals surface area (Å²) < 4.78 is 2.92. The van der Waals surface area contributed by atoms with Crippen molar-refractivity contribution >= 4 is 38.7 Å². The van der Waals surface area contributed by atoms with Gasteiger partial charge >= 0.3 is 0 Å². The van der Waals surface area contributed by atoms with E-state index in [2.05, 4.69) is 54.7 Å². The Hall–Kier alpha value is -2.17. The number of aryl methyl sites for hydroxylation is 1. The molecule has 5 heteroatoms. The van der Waals surface area contributed by atoms with Crippen molar-refractivity contribution < 1.29 is 0 Å². The van der Waals surface area contributed by atoms with E-state index in [0.717, 1.165) is 43.3 Å². The molecule has 0 aliphatic rings. The van der Waals surface area contributed by atoms with Gasteiger partial charge in [-0.3, -0.25) is 0 Å². The van der Waals surface area contributed by atoms with E-state index in [9.17, 15) is 0 Å². The van der Waals surface area contributed by atoms with Crippen LogP contribution in [-0.2, 0) is 6.54 Å². The van der Waals surface area contributed by atoms with E-state index in [4.69, 9.17) is 11.6 Å². The summed E-state index contributed by atoms with van der Waals surface area (Å²) in [5.41, 5.74) is 5.08. The van der Waals surface area contributed by atoms with Gasteiger partial charge in [0.05, 0.1) is 12.1 Å². The number of hydrogen-bond donors (Lipinski definition) is 0. The Morgan fingerprint density at radius 2 is 1.76 bits per heavy atom. The van der Waals surface area contributed by atoms with Crippen LogP contribution >= 0.6 is 27.5 Å². The molecule has 2 aromatic carbocycles. The van der Waals surface area contributed by atoms with Crippen LogP contribution in [0.3, 0.4) is 0 Å². The van der Waals surface area contributed by atoms with Gasteiger partial charge in [-0.1, -0.05) is 54.1 Å². The largest absolute Gasteiger partial charge is 0.322 e. The molecule has 0 bridgehead atoms. The van der Waals surface area contributed by atoms with Crippen LogP contribution in [0.1, 0.15) is 11.4 Å². The van der Waals surface area contributed by atoms with Crippen molar-refractivity contribution in [2.45, 2.75) is 13.5 Å². The lowest BCUT2D eigenvalue weighted by molar-refractivity contribution is 0.786. The third kappa shape index (κ3) is 3.20. The molecule has 0 atom stereocenters. The molecular formula is C20H15BrClN3. The number of fused-ring (bicyclic) bond motifs is 1. The van der Waals surface area contributed by atoms with Gasteiger partial charge in [0.15, 0.2) is 5.65 Å². The molecule has 2 heterocycles. The van der Waals surface area contributed by atoms with Crippen LogP contribution in [0.2, 0.25) is 5.02 Å². The van der Waals surface area contributed by atoms with Crippen LogP contribution < -0.4 is 0 Å². The molecule has 124 valence electrons. The van der Waals surface area contributed by atoms with Crippen molar-refractivity contribution in [1.29, 1.82) is 0 Å². The van der Waals surface area contributed by atoms with E-state index < -0.39 is 0 Å². The van der Waals surface area contributed by atoms with Crippen LogP contribution in [0.5, 0.6) is 0 Å². The van der Waals surface area contributed by atoms with Gasteiger partial charge in [0, 0.05) is 5.02 Å². The first-order valence-electron chi connectivity index (χ1n) is 7.95. The zero-order valence-electron chi connectivity index (χ0n) is 13.6. The number of pyridine rings is 1. The Morgan fingerprint density at radius 1 is 0.960 bits per heavy atom. The second-order valence-corrected chi connectivity index (χ2v) is 7.11. The lowest BCUT2D eigenvalue weighted by Gasteiger charge is -2.10. The van der Waals surface area contributed by atoms with Crippen molar-refractivity contribution in [2.24, 2.45) is 0 Å². The minimum atomic E-state index is 0.666. The molecule has 0 amide bonds.